The number of fused-ring (bicyclic) bond motifs is 1. The van der Waals surface area contributed by atoms with Crippen LogP contribution >= 0.6 is 0 Å². The number of rotatable bonds is 4. The number of imidazole rings is 1. The number of aromatic amines is 1. The first-order valence-electron chi connectivity index (χ1n) is 10.5. The minimum Gasteiger partial charge on any atom is -0.455 e. The average molecular weight is 413 g/mol. The van der Waals surface area contributed by atoms with Gasteiger partial charge < -0.3 is 14.3 Å². The summed E-state index contributed by atoms with van der Waals surface area (Å²) >= 11 is 0. The van der Waals surface area contributed by atoms with Gasteiger partial charge in [-0.3, -0.25) is 9.59 Å². The molecule has 2 aromatic carbocycles. The van der Waals surface area contributed by atoms with Crippen molar-refractivity contribution in [2.45, 2.75) is 26.7 Å². The fourth-order valence-electron chi connectivity index (χ4n) is 4.29. The van der Waals surface area contributed by atoms with E-state index < -0.39 is 0 Å². The Balaban J connectivity index is 1.51. The van der Waals surface area contributed by atoms with Crippen LogP contribution < -0.4 is 0 Å². The molecule has 2 aromatic heterocycles. The predicted octanol–water partition coefficient (Wildman–Crippen LogP) is 4.91. The third-order valence-electron chi connectivity index (χ3n) is 5.93. The Bertz CT molecular complexity index is 1290. The molecule has 0 radical (unpaired) electrons. The largest absolute Gasteiger partial charge is 0.455 e. The third-order valence-corrected chi connectivity index (χ3v) is 5.93. The summed E-state index contributed by atoms with van der Waals surface area (Å²) in [6.45, 7) is 5.29. The van der Waals surface area contributed by atoms with E-state index >= 15 is 0 Å². The molecule has 6 heteroatoms. The van der Waals surface area contributed by atoms with Crippen LogP contribution in [-0.4, -0.2) is 39.6 Å². The number of furan rings is 1. The molecule has 0 unspecified atom stereocenters. The number of amides is 1. The molecule has 6 nitrogen and oxygen atoms in total. The maximum atomic E-state index is 12.9. The van der Waals surface area contributed by atoms with Crippen molar-refractivity contribution in [2.24, 2.45) is 0 Å². The number of H-pyrrole nitrogens is 1. The maximum absolute atomic E-state index is 12.9. The van der Waals surface area contributed by atoms with Gasteiger partial charge in [0, 0.05) is 29.8 Å². The van der Waals surface area contributed by atoms with Crippen LogP contribution in [0.3, 0.4) is 0 Å². The number of aromatic nitrogens is 2. The molecule has 1 saturated heterocycles. The van der Waals surface area contributed by atoms with Crippen LogP contribution in [0.5, 0.6) is 0 Å². The van der Waals surface area contributed by atoms with E-state index in [0.29, 0.717) is 34.0 Å². The van der Waals surface area contributed by atoms with E-state index in [1.54, 1.807) is 24.3 Å². The zero-order valence-corrected chi connectivity index (χ0v) is 17.6. The normalized spacial score (nSPS) is 13.8. The van der Waals surface area contributed by atoms with Crippen LogP contribution in [0.1, 0.15) is 50.6 Å². The second-order valence-corrected chi connectivity index (χ2v) is 8.00. The van der Waals surface area contributed by atoms with E-state index in [4.69, 9.17) is 9.40 Å². The third kappa shape index (κ3) is 3.34. The van der Waals surface area contributed by atoms with Crippen LogP contribution in [0.25, 0.3) is 22.4 Å². The summed E-state index contributed by atoms with van der Waals surface area (Å²) in [5, 5.41) is 0. The van der Waals surface area contributed by atoms with Gasteiger partial charge in [0.25, 0.3) is 5.91 Å². The van der Waals surface area contributed by atoms with Crippen molar-refractivity contribution in [3.63, 3.8) is 0 Å². The molecule has 4 aromatic rings. The highest BCUT2D eigenvalue weighted by Gasteiger charge is 2.28. The van der Waals surface area contributed by atoms with Gasteiger partial charge in [-0.1, -0.05) is 30.3 Å². The van der Waals surface area contributed by atoms with Gasteiger partial charge in [-0.2, -0.15) is 0 Å². The van der Waals surface area contributed by atoms with Crippen molar-refractivity contribution in [1.82, 2.24) is 14.9 Å². The minimum atomic E-state index is -0.0591. The fraction of sp³-hybridized carbons (Fsp3) is 0.240. The lowest BCUT2D eigenvalue weighted by atomic mass is 10.0. The SMILES string of the molecule is Cc1oc(C(=O)N2CCCC2)c(C)c1-c1nc2cc(C(=O)c3ccccc3)ccc2[nH]1. The maximum Gasteiger partial charge on any atom is 0.289 e. The Morgan fingerprint density at radius 2 is 1.74 bits per heavy atom. The van der Waals surface area contributed by atoms with Crippen LogP contribution in [0.4, 0.5) is 0 Å². The van der Waals surface area contributed by atoms with E-state index in [2.05, 4.69) is 4.98 Å². The minimum absolute atomic E-state index is 0.0405. The molecule has 1 aliphatic rings. The van der Waals surface area contributed by atoms with Crippen molar-refractivity contribution >= 4 is 22.7 Å². The number of hydrogen-bond donors (Lipinski definition) is 1. The number of benzene rings is 2. The molecule has 3 heterocycles. The fourth-order valence-corrected chi connectivity index (χ4v) is 4.29. The second-order valence-electron chi connectivity index (χ2n) is 8.00. The van der Waals surface area contributed by atoms with Crippen molar-refractivity contribution in [3.8, 4) is 11.4 Å². The Kier molecular flexibility index (Phi) is 4.70. The van der Waals surface area contributed by atoms with E-state index in [1.807, 2.05) is 43.0 Å². The molecule has 1 fully saturated rings. The summed E-state index contributed by atoms with van der Waals surface area (Å²) in [5.74, 6) is 1.57. The molecule has 1 amide bonds. The van der Waals surface area contributed by atoms with Gasteiger partial charge in [-0.05, 0) is 44.9 Å². The average Bonchev–Trinajstić information content (AvgIpc) is 3.51. The second kappa shape index (κ2) is 7.54. The molecule has 1 N–H and O–H groups in total. The number of likely N-dealkylation sites (tertiary alicyclic amines) is 1. The first kappa shape index (κ1) is 19.3. The summed E-state index contributed by atoms with van der Waals surface area (Å²) in [7, 11) is 0. The summed E-state index contributed by atoms with van der Waals surface area (Å²) < 4.78 is 5.88. The Hall–Kier alpha value is -3.67. The molecule has 0 atom stereocenters. The molecule has 5 rings (SSSR count). The van der Waals surface area contributed by atoms with Crippen LogP contribution in [0.2, 0.25) is 0 Å². The van der Waals surface area contributed by atoms with Crippen LogP contribution in [0, 0.1) is 13.8 Å². The lowest BCUT2D eigenvalue weighted by Gasteiger charge is -2.13. The molecular weight excluding hydrogens is 390 g/mol. The van der Waals surface area contributed by atoms with Crippen molar-refractivity contribution in [3.05, 3.63) is 76.7 Å². The summed E-state index contributed by atoms with van der Waals surface area (Å²) in [5.41, 5.74) is 4.34. The summed E-state index contributed by atoms with van der Waals surface area (Å²) in [4.78, 5) is 35.5. The van der Waals surface area contributed by atoms with Gasteiger partial charge in [-0.25, -0.2) is 4.98 Å². The first-order valence-corrected chi connectivity index (χ1v) is 10.5. The molecular formula is C25H23N3O3. The quantitative estimate of drug-likeness (QED) is 0.482. The smallest absolute Gasteiger partial charge is 0.289 e. The molecule has 156 valence electrons. The highest BCUT2D eigenvalue weighted by Crippen LogP contribution is 2.33. The van der Waals surface area contributed by atoms with Gasteiger partial charge >= 0.3 is 0 Å². The van der Waals surface area contributed by atoms with Crippen molar-refractivity contribution < 1.29 is 14.0 Å². The molecule has 0 aliphatic carbocycles. The summed E-state index contributed by atoms with van der Waals surface area (Å²) in [6, 6.07) is 14.7. The standard InChI is InChI=1S/C25H23N3O3/c1-15-21(16(2)31-23(15)25(30)28-12-6-7-13-28)24-26-19-11-10-18(14-20(19)27-24)22(29)17-8-4-3-5-9-17/h3-5,8-11,14H,6-7,12-13H2,1-2H3,(H,26,27). The number of aryl methyl sites for hydroxylation is 1. The lowest BCUT2D eigenvalue weighted by molar-refractivity contribution is 0.0758. The highest BCUT2D eigenvalue weighted by molar-refractivity contribution is 6.10. The number of carbonyl (C=O) groups excluding carboxylic acids is 2. The first-order chi connectivity index (χ1) is 15.0. The molecule has 1 aliphatic heterocycles. The monoisotopic (exact) mass is 413 g/mol. The Morgan fingerprint density at radius 3 is 2.48 bits per heavy atom. The molecule has 0 bridgehead atoms. The van der Waals surface area contributed by atoms with Crippen LogP contribution in [0.15, 0.2) is 52.9 Å². The topological polar surface area (TPSA) is 79.2 Å². The summed E-state index contributed by atoms with van der Waals surface area (Å²) in [6.07, 6.45) is 2.07. The van der Waals surface area contributed by atoms with Gasteiger partial charge in [0.2, 0.25) is 0 Å². The van der Waals surface area contributed by atoms with Gasteiger partial charge in [0.05, 0.1) is 16.6 Å². The zero-order valence-electron chi connectivity index (χ0n) is 17.6. The number of nitrogens with zero attached hydrogens (tertiary/aromatic N) is 2. The Morgan fingerprint density at radius 1 is 1.00 bits per heavy atom. The molecule has 0 saturated carbocycles. The van der Waals surface area contributed by atoms with Gasteiger partial charge in [-0.15, -0.1) is 0 Å². The van der Waals surface area contributed by atoms with Gasteiger partial charge in [0.15, 0.2) is 11.5 Å². The van der Waals surface area contributed by atoms with Crippen molar-refractivity contribution in [2.75, 3.05) is 13.1 Å². The number of carbonyl (C=O) groups is 2. The Labute approximate surface area is 179 Å². The van der Waals surface area contributed by atoms with Crippen molar-refractivity contribution in [1.29, 1.82) is 0 Å². The number of hydrogen-bond acceptors (Lipinski definition) is 4. The number of ketones is 1. The predicted molar refractivity (Wildman–Crippen MR) is 118 cm³/mol. The highest BCUT2D eigenvalue weighted by atomic mass is 16.4. The van der Waals surface area contributed by atoms with Gasteiger partial charge in [0.1, 0.15) is 11.6 Å². The lowest BCUT2D eigenvalue weighted by Crippen LogP contribution is -2.27. The number of nitrogens with one attached hydrogen (secondary N) is 1. The van der Waals surface area contributed by atoms with E-state index in [0.717, 1.165) is 42.6 Å². The molecule has 0 spiro atoms. The van der Waals surface area contributed by atoms with E-state index in [9.17, 15) is 9.59 Å². The van der Waals surface area contributed by atoms with E-state index in [-0.39, 0.29) is 11.7 Å². The van der Waals surface area contributed by atoms with E-state index in [1.165, 1.54) is 0 Å². The van der Waals surface area contributed by atoms with Crippen LogP contribution in [-0.2, 0) is 0 Å². The molecule has 31 heavy (non-hydrogen) atoms. The zero-order chi connectivity index (χ0) is 21.5.